The highest BCUT2D eigenvalue weighted by molar-refractivity contribution is 9.10. The molecule has 0 radical (unpaired) electrons. The first kappa shape index (κ1) is 20.2. The van der Waals surface area contributed by atoms with Crippen LogP contribution in [0.1, 0.15) is 12.5 Å². The molecule has 9 nitrogen and oxygen atoms in total. The van der Waals surface area contributed by atoms with Crippen LogP contribution in [0.3, 0.4) is 0 Å². The predicted octanol–water partition coefficient (Wildman–Crippen LogP) is 3.67. The molecule has 0 aliphatic carbocycles. The topological polar surface area (TPSA) is 123 Å². The van der Waals surface area contributed by atoms with E-state index in [1.807, 2.05) is 0 Å². The normalized spacial score (nSPS) is 10.6. The maximum atomic E-state index is 10.7. The standard InChI is InChI=1S/C17H16BrN3O6/c1-2-26-15-8-11(7-14(18)17(15)27-10-16(22)23)9-19-20-12-3-5-13(6-4-12)21(24)25/h3-9,20H,2,10H2,1H3,(H,22,23)/b19-9-. The van der Waals surface area contributed by atoms with Crippen molar-refractivity contribution in [1.82, 2.24) is 0 Å². The summed E-state index contributed by atoms with van der Waals surface area (Å²) in [5.41, 5.74) is 4.01. The second kappa shape index (κ2) is 9.53. The van der Waals surface area contributed by atoms with Gasteiger partial charge in [-0.15, -0.1) is 0 Å². The van der Waals surface area contributed by atoms with Crippen molar-refractivity contribution in [1.29, 1.82) is 0 Å². The van der Waals surface area contributed by atoms with Crippen molar-refractivity contribution in [3.63, 3.8) is 0 Å². The van der Waals surface area contributed by atoms with E-state index in [-0.39, 0.29) is 5.69 Å². The molecule has 0 amide bonds. The first-order valence-electron chi connectivity index (χ1n) is 7.75. The van der Waals surface area contributed by atoms with Gasteiger partial charge in [-0.05, 0) is 52.7 Å². The predicted molar refractivity (Wildman–Crippen MR) is 103 cm³/mol. The van der Waals surface area contributed by atoms with Gasteiger partial charge < -0.3 is 14.6 Å². The van der Waals surface area contributed by atoms with Gasteiger partial charge in [0, 0.05) is 12.1 Å². The summed E-state index contributed by atoms with van der Waals surface area (Å²) < 4.78 is 11.3. The Labute approximate surface area is 162 Å². The Morgan fingerprint density at radius 2 is 2.04 bits per heavy atom. The van der Waals surface area contributed by atoms with Crippen LogP contribution in [0.2, 0.25) is 0 Å². The van der Waals surface area contributed by atoms with Gasteiger partial charge in [-0.25, -0.2) is 4.79 Å². The number of benzene rings is 2. The molecule has 0 saturated heterocycles. The average Bonchev–Trinajstić information content (AvgIpc) is 2.61. The van der Waals surface area contributed by atoms with Crippen molar-refractivity contribution in [3.05, 3.63) is 56.5 Å². The van der Waals surface area contributed by atoms with E-state index in [1.54, 1.807) is 31.2 Å². The molecule has 2 N–H and O–H groups in total. The van der Waals surface area contributed by atoms with Crippen LogP contribution in [-0.4, -0.2) is 35.4 Å². The first-order valence-corrected chi connectivity index (χ1v) is 8.54. The average molecular weight is 438 g/mol. The molecule has 2 rings (SSSR count). The lowest BCUT2D eigenvalue weighted by Crippen LogP contribution is -2.11. The molecule has 0 bridgehead atoms. The highest BCUT2D eigenvalue weighted by atomic mass is 79.9. The quantitative estimate of drug-likeness (QED) is 0.348. The Balaban J connectivity index is 2.13. The van der Waals surface area contributed by atoms with Crippen molar-refractivity contribution < 1.29 is 24.3 Å². The number of hydrazone groups is 1. The molecule has 27 heavy (non-hydrogen) atoms. The Morgan fingerprint density at radius 3 is 2.63 bits per heavy atom. The first-order chi connectivity index (χ1) is 12.9. The van der Waals surface area contributed by atoms with Crippen LogP contribution in [0.25, 0.3) is 0 Å². The minimum Gasteiger partial charge on any atom is -0.490 e. The number of anilines is 1. The molecule has 0 saturated carbocycles. The fraction of sp³-hybridized carbons (Fsp3) is 0.176. The molecule has 0 aliphatic rings. The molecule has 0 heterocycles. The van der Waals surface area contributed by atoms with Crippen LogP contribution in [0.15, 0.2) is 46.0 Å². The van der Waals surface area contributed by atoms with Crippen LogP contribution in [0.4, 0.5) is 11.4 Å². The van der Waals surface area contributed by atoms with Gasteiger partial charge in [0.2, 0.25) is 0 Å². The van der Waals surface area contributed by atoms with E-state index < -0.39 is 17.5 Å². The molecule has 0 aliphatic heterocycles. The van der Waals surface area contributed by atoms with Crippen molar-refractivity contribution in [2.45, 2.75) is 6.92 Å². The highest BCUT2D eigenvalue weighted by Gasteiger charge is 2.13. The minimum atomic E-state index is -1.10. The van der Waals surface area contributed by atoms with Crippen LogP contribution in [-0.2, 0) is 4.79 Å². The summed E-state index contributed by atoms with van der Waals surface area (Å²) in [6.07, 6.45) is 1.52. The third-order valence-corrected chi connectivity index (χ3v) is 3.75. The molecular weight excluding hydrogens is 422 g/mol. The van der Waals surface area contributed by atoms with E-state index in [1.165, 1.54) is 18.3 Å². The Morgan fingerprint density at radius 1 is 1.33 bits per heavy atom. The summed E-state index contributed by atoms with van der Waals surface area (Å²) in [6.45, 7) is 1.68. The molecule has 0 unspecified atom stereocenters. The lowest BCUT2D eigenvalue weighted by Gasteiger charge is -2.13. The number of nitrogens with zero attached hydrogens (tertiary/aromatic N) is 2. The fourth-order valence-electron chi connectivity index (χ4n) is 2.04. The fourth-order valence-corrected chi connectivity index (χ4v) is 2.61. The lowest BCUT2D eigenvalue weighted by molar-refractivity contribution is -0.384. The second-order valence-electron chi connectivity index (χ2n) is 5.12. The summed E-state index contributed by atoms with van der Waals surface area (Å²) in [6, 6.07) is 9.18. The summed E-state index contributed by atoms with van der Waals surface area (Å²) in [4.78, 5) is 20.9. The zero-order valence-electron chi connectivity index (χ0n) is 14.2. The van der Waals surface area contributed by atoms with Gasteiger partial charge in [0.25, 0.3) is 5.69 Å². The zero-order chi connectivity index (χ0) is 19.8. The van der Waals surface area contributed by atoms with Crippen LogP contribution >= 0.6 is 15.9 Å². The van der Waals surface area contributed by atoms with Crippen LogP contribution in [0, 0.1) is 10.1 Å². The van der Waals surface area contributed by atoms with E-state index in [2.05, 4.69) is 26.5 Å². The molecule has 0 spiro atoms. The van der Waals surface area contributed by atoms with E-state index in [0.717, 1.165) is 0 Å². The van der Waals surface area contributed by atoms with E-state index in [0.29, 0.717) is 33.8 Å². The SMILES string of the molecule is CCOc1cc(/C=N\Nc2ccc([N+](=O)[O-])cc2)cc(Br)c1OCC(=O)O. The lowest BCUT2D eigenvalue weighted by atomic mass is 10.2. The van der Waals surface area contributed by atoms with Gasteiger partial charge in [-0.3, -0.25) is 15.5 Å². The second-order valence-corrected chi connectivity index (χ2v) is 5.97. The number of halogens is 1. The Bertz CT molecular complexity index is 854. The molecule has 0 aromatic heterocycles. The minimum absolute atomic E-state index is 0.00762. The summed E-state index contributed by atoms with van der Waals surface area (Å²) >= 11 is 3.33. The van der Waals surface area contributed by atoms with Crippen LogP contribution < -0.4 is 14.9 Å². The highest BCUT2D eigenvalue weighted by Crippen LogP contribution is 2.36. The van der Waals surface area contributed by atoms with E-state index >= 15 is 0 Å². The number of carbonyl (C=O) groups is 1. The maximum absolute atomic E-state index is 10.7. The number of ether oxygens (including phenoxy) is 2. The molecule has 0 atom stereocenters. The number of hydrogen-bond acceptors (Lipinski definition) is 7. The summed E-state index contributed by atoms with van der Waals surface area (Å²) in [5, 5.41) is 23.5. The van der Waals surface area contributed by atoms with Gasteiger partial charge in [-0.1, -0.05) is 0 Å². The number of carboxylic acids is 1. The van der Waals surface area contributed by atoms with E-state index in [9.17, 15) is 14.9 Å². The third kappa shape index (κ3) is 5.96. The number of non-ortho nitro benzene ring substituents is 1. The number of aliphatic carboxylic acids is 1. The number of nitro groups is 1. The summed E-state index contributed by atoms with van der Waals surface area (Å²) in [7, 11) is 0. The van der Waals surface area contributed by atoms with Gasteiger partial charge in [0.15, 0.2) is 18.1 Å². The van der Waals surface area contributed by atoms with Gasteiger partial charge >= 0.3 is 5.97 Å². The third-order valence-electron chi connectivity index (χ3n) is 3.16. The van der Waals surface area contributed by atoms with Gasteiger partial charge in [0.1, 0.15) is 0 Å². The number of nitrogens with one attached hydrogen (secondary N) is 1. The van der Waals surface area contributed by atoms with Crippen molar-refractivity contribution >= 4 is 39.5 Å². The Kier molecular flexibility index (Phi) is 7.12. The van der Waals surface area contributed by atoms with E-state index in [4.69, 9.17) is 14.6 Å². The van der Waals surface area contributed by atoms with Crippen molar-refractivity contribution in [3.8, 4) is 11.5 Å². The largest absolute Gasteiger partial charge is 0.490 e. The monoisotopic (exact) mass is 437 g/mol. The molecule has 0 fully saturated rings. The van der Waals surface area contributed by atoms with Crippen molar-refractivity contribution in [2.24, 2.45) is 5.10 Å². The summed E-state index contributed by atoms with van der Waals surface area (Å²) in [5.74, 6) is -0.424. The smallest absolute Gasteiger partial charge is 0.341 e. The molecule has 10 heteroatoms. The molecule has 2 aromatic rings. The molecular formula is C17H16BrN3O6. The Hall–Kier alpha value is -3.14. The maximum Gasteiger partial charge on any atom is 0.341 e. The molecule has 142 valence electrons. The van der Waals surface area contributed by atoms with Crippen molar-refractivity contribution in [2.75, 3.05) is 18.6 Å². The zero-order valence-corrected chi connectivity index (χ0v) is 15.8. The van der Waals surface area contributed by atoms with Gasteiger partial charge in [-0.2, -0.15) is 5.10 Å². The molecule has 2 aromatic carbocycles. The number of nitro benzene ring substituents is 1. The number of hydrogen-bond donors (Lipinski definition) is 2. The number of rotatable bonds is 9. The van der Waals surface area contributed by atoms with Gasteiger partial charge in [0.05, 0.1) is 27.9 Å². The number of carboxylic acid groups (broad SMARTS) is 1. The van der Waals surface area contributed by atoms with Crippen LogP contribution in [0.5, 0.6) is 11.5 Å².